The molecule has 0 spiro atoms. The van der Waals surface area contributed by atoms with E-state index in [1.165, 1.54) is 29.8 Å². The molecule has 1 N–H and O–H groups in total. The molecule has 3 rings (SSSR count). The van der Waals surface area contributed by atoms with Gasteiger partial charge in [-0.1, -0.05) is 30.3 Å². The molecule has 0 saturated carbocycles. The molecule has 88 valence electrons. The molecule has 0 radical (unpaired) electrons. The number of hydrogen-bond acceptors (Lipinski definition) is 2. The standard InChI is InChI=1S/C14H17N3/c1-17-14-12(9-5-6-10-15-14)13(16-17)11-7-3-2-4-8-11/h2-4,7-8,15H,5-6,9-10H2,1H3. The second kappa shape index (κ2) is 4.24. The Morgan fingerprint density at radius 1 is 1.18 bits per heavy atom. The number of hydrogen-bond donors (Lipinski definition) is 1. The number of anilines is 1. The van der Waals surface area contributed by atoms with Gasteiger partial charge in [-0.15, -0.1) is 0 Å². The molecule has 3 heteroatoms. The average Bonchev–Trinajstić information content (AvgIpc) is 2.57. The highest BCUT2D eigenvalue weighted by atomic mass is 15.3. The van der Waals surface area contributed by atoms with E-state index in [4.69, 9.17) is 0 Å². The predicted octanol–water partition coefficient (Wildman–Crippen LogP) is 2.84. The normalized spacial score (nSPS) is 14.9. The van der Waals surface area contributed by atoms with Gasteiger partial charge in [-0.3, -0.25) is 4.68 Å². The molecular formula is C14H17N3. The smallest absolute Gasteiger partial charge is 0.127 e. The van der Waals surface area contributed by atoms with Gasteiger partial charge in [-0.2, -0.15) is 5.10 Å². The van der Waals surface area contributed by atoms with Crippen molar-refractivity contribution in [2.75, 3.05) is 11.9 Å². The molecule has 17 heavy (non-hydrogen) atoms. The number of fused-ring (bicyclic) bond motifs is 1. The van der Waals surface area contributed by atoms with Crippen LogP contribution in [0.2, 0.25) is 0 Å². The van der Waals surface area contributed by atoms with Crippen molar-refractivity contribution >= 4 is 5.82 Å². The van der Waals surface area contributed by atoms with Crippen LogP contribution in [0.5, 0.6) is 0 Å². The number of nitrogens with zero attached hydrogens (tertiary/aromatic N) is 2. The molecule has 1 aromatic heterocycles. The molecule has 0 unspecified atom stereocenters. The minimum absolute atomic E-state index is 1.06. The zero-order valence-corrected chi connectivity index (χ0v) is 10.1. The molecular weight excluding hydrogens is 210 g/mol. The van der Waals surface area contributed by atoms with Crippen molar-refractivity contribution in [1.29, 1.82) is 0 Å². The summed E-state index contributed by atoms with van der Waals surface area (Å²) < 4.78 is 1.98. The lowest BCUT2D eigenvalue weighted by Crippen LogP contribution is -2.04. The Hall–Kier alpha value is -1.77. The van der Waals surface area contributed by atoms with Crippen LogP contribution in [0.25, 0.3) is 11.3 Å². The summed E-state index contributed by atoms with van der Waals surface area (Å²) in [6.45, 7) is 1.06. The summed E-state index contributed by atoms with van der Waals surface area (Å²) in [4.78, 5) is 0. The maximum absolute atomic E-state index is 4.66. The Morgan fingerprint density at radius 2 is 2.00 bits per heavy atom. The first-order valence-corrected chi connectivity index (χ1v) is 6.21. The molecule has 0 aliphatic carbocycles. The van der Waals surface area contributed by atoms with E-state index in [-0.39, 0.29) is 0 Å². The number of rotatable bonds is 1. The van der Waals surface area contributed by atoms with Gasteiger partial charge in [0.15, 0.2) is 0 Å². The van der Waals surface area contributed by atoms with Gasteiger partial charge < -0.3 is 5.32 Å². The van der Waals surface area contributed by atoms with E-state index in [9.17, 15) is 0 Å². The summed E-state index contributed by atoms with van der Waals surface area (Å²) in [5, 5.41) is 8.14. The third-order valence-electron chi connectivity index (χ3n) is 3.34. The highest BCUT2D eigenvalue weighted by Gasteiger charge is 2.18. The van der Waals surface area contributed by atoms with Crippen molar-refractivity contribution < 1.29 is 0 Å². The second-order valence-electron chi connectivity index (χ2n) is 4.55. The van der Waals surface area contributed by atoms with Crippen molar-refractivity contribution in [2.45, 2.75) is 19.3 Å². The fourth-order valence-corrected chi connectivity index (χ4v) is 2.49. The third-order valence-corrected chi connectivity index (χ3v) is 3.34. The van der Waals surface area contributed by atoms with Crippen LogP contribution in [0.4, 0.5) is 5.82 Å². The Kier molecular flexibility index (Phi) is 2.59. The summed E-state index contributed by atoms with van der Waals surface area (Å²) in [6.07, 6.45) is 3.61. The van der Waals surface area contributed by atoms with Crippen molar-refractivity contribution in [3.8, 4) is 11.3 Å². The van der Waals surface area contributed by atoms with Gasteiger partial charge in [-0.25, -0.2) is 0 Å². The van der Waals surface area contributed by atoms with Crippen LogP contribution in [0.1, 0.15) is 18.4 Å². The van der Waals surface area contributed by atoms with Crippen molar-refractivity contribution in [1.82, 2.24) is 9.78 Å². The fourth-order valence-electron chi connectivity index (χ4n) is 2.49. The summed E-state index contributed by atoms with van der Waals surface area (Å²) in [6, 6.07) is 10.4. The topological polar surface area (TPSA) is 29.9 Å². The molecule has 0 amide bonds. The lowest BCUT2D eigenvalue weighted by molar-refractivity contribution is 0.757. The lowest BCUT2D eigenvalue weighted by Gasteiger charge is -2.03. The molecule has 0 atom stereocenters. The average molecular weight is 227 g/mol. The van der Waals surface area contributed by atoms with Crippen LogP contribution in [-0.4, -0.2) is 16.3 Å². The molecule has 2 aromatic rings. The zero-order valence-electron chi connectivity index (χ0n) is 10.1. The highest BCUT2D eigenvalue weighted by molar-refractivity contribution is 5.69. The summed E-state index contributed by atoms with van der Waals surface area (Å²) in [5.74, 6) is 1.20. The van der Waals surface area contributed by atoms with Crippen LogP contribution < -0.4 is 5.32 Å². The van der Waals surface area contributed by atoms with Gasteiger partial charge in [-0.05, 0) is 19.3 Å². The molecule has 3 nitrogen and oxygen atoms in total. The third kappa shape index (κ3) is 1.82. The summed E-state index contributed by atoms with van der Waals surface area (Å²) in [5.41, 5.74) is 3.72. The van der Waals surface area contributed by atoms with Crippen molar-refractivity contribution in [3.05, 3.63) is 35.9 Å². The van der Waals surface area contributed by atoms with Gasteiger partial charge in [0, 0.05) is 24.7 Å². The molecule has 0 saturated heterocycles. The first kappa shape index (κ1) is 10.4. The molecule has 0 fully saturated rings. The first-order chi connectivity index (χ1) is 8.36. The highest BCUT2D eigenvalue weighted by Crippen LogP contribution is 2.31. The van der Waals surface area contributed by atoms with Crippen molar-refractivity contribution in [2.24, 2.45) is 7.05 Å². The molecule has 2 heterocycles. The minimum atomic E-state index is 1.06. The van der Waals surface area contributed by atoms with Crippen molar-refractivity contribution in [3.63, 3.8) is 0 Å². The van der Waals surface area contributed by atoms with Crippen LogP contribution >= 0.6 is 0 Å². The monoisotopic (exact) mass is 227 g/mol. The maximum Gasteiger partial charge on any atom is 0.127 e. The summed E-state index contributed by atoms with van der Waals surface area (Å²) in [7, 11) is 2.02. The van der Waals surface area contributed by atoms with E-state index in [1.807, 2.05) is 17.8 Å². The predicted molar refractivity (Wildman–Crippen MR) is 70.1 cm³/mol. The lowest BCUT2D eigenvalue weighted by atomic mass is 10.0. The van der Waals surface area contributed by atoms with E-state index in [0.29, 0.717) is 0 Å². The Balaban J connectivity index is 2.12. The van der Waals surface area contributed by atoms with Gasteiger partial charge in [0.1, 0.15) is 5.82 Å². The Labute approximate surface area is 101 Å². The van der Waals surface area contributed by atoms with E-state index in [1.54, 1.807) is 0 Å². The van der Waals surface area contributed by atoms with Crippen LogP contribution in [0, 0.1) is 0 Å². The minimum Gasteiger partial charge on any atom is -0.370 e. The van der Waals surface area contributed by atoms with Crippen LogP contribution in [-0.2, 0) is 13.5 Å². The van der Waals surface area contributed by atoms with Gasteiger partial charge in [0.05, 0.1) is 5.69 Å². The summed E-state index contributed by atoms with van der Waals surface area (Å²) >= 11 is 0. The number of aromatic nitrogens is 2. The Morgan fingerprint density at radius 3 is 2.82 bits per heavy atom. The van der Waals surface area contributed by atoms with Gasteiger partial charge in [0.2, 0.25) is 0 Å². The molecule has 0 bridgehead atoms. The van der Waals surface area contributed by atoms with E-state index in [0.717, 1.165) is 18.7 Å². The quantitative estimate of drug-likeness (QED) is 0.812. The Bertz CT molecular complexity index is 514. The number of aryl methyl sites for hydroxylation is 1. The molecule has 1 aromatic carbocycles. The fraction of sp³-hybridized carbons (Fsp3) is 0.357. The van der Waals surface area contributed by atoms with Crippen LogP contribution in [0.15, 0.2) is 30.3 Å². The van der Waals surface area contributed by atoms with Gasteiger partial charge >= 0.3 is 0 Å². The SMILES string of the molecule is Cn1nc(-c2ccccc2)c2c1NCCCC2. The zero-order chi connectivity index (χ0) is 11.7. The van der Waals surface area contributed by atoms with E-state index in [2.05, 4.69) is 34.7 Å². The van der Waals surface area contributed by atoms with Crippen LogP contribution in [0.3, 0.4) is 0 Å². The number of nitrogens with one attached hydrogen (secondary N) is 1. The largest absolute Gasteiger partial charge is 0.370 e. The van der Waals surface area contributed by atoms with Gasteiger partial charge in [0.25, 0.3) is 0 Å². The van der Waals surface area contributed by atoms with E-state index >= 15 is 0 Å². The molecule has 1 aliphatic rings. The maximum atomic E-state index is 4.66. The molecule has 1 aliphatic heterocycles. The second-order valence-corrected chi connectivity index (χ2v) is 4.55. The first-order valence-electron chi connectivity index (χ1n) is 6.21. The number of benzene rings is 1. The van der Waals surface area contributed by atoms with E-state index < -0.39 is 0 Å².